The standard InChI is InChI=1S/C65H43N/c1-4-17-44(18-5-1)47-31-36-52(37-32-47)66(53-38-33-49(34-39-53)55-28-16-24-48-23-10-11-25-54(48)55)63-43-51(46-21-8-3-9-22-46)42-62-64(63)58-40-35-50(45-19-6-2-7-20-45)41-61(58)65(62)59-29-14-12-26-56(59)57-27-13-15-30-60(57)65/h1-43H. The van der Waals surface area contributed by atoms with Crippen LogP contribution in [0.1, 0.15) is 22.3 Å². The molecule has 0 radical (unpaired) electrons. The normalized spacial score (nSPS) is 12.7. The largest absolute Gasteiger partial charge is 0.310 e. The van der Waals surface area contributed by atoms with E-state index in [4.69, 9.17) is 0 Å². The van der Waals surface area contributed by atoms with Gasteiger partial charge in [-0.3, -0.25) is 0 Å². The van der Waals surface area contributed by atoms with Crippen molar-refractivity contribution in [3.63, 3.8) is 0 Å². The Labute approximate surface area is 386 Å². The van der Waals surface area contributed by atoms with E-state index < -0.39 is 5.41 Å². The van der Waals surface area contributed by atoms with Crippen molar-refractivity contribution in [1.29, 1.82) is 0 Å². The summed E-state index contributed by atoms with van der Waals surface area (Å²) in [6.45, 7) is 0. The van der Waals surface area contributed by atoms with Gasteiger partial charge in [0.15, 0.2) is 0 Å². The van der Waals surface area contributed by atoms with Crippen molar-refractivity contribution < 1.29 is 0 Å². The second-order valence-electron chi connectivity index (χ2n) is 17.6. The molecular formula is C65H43N. The molecule has 2 aliphatic rings. The van der Waals surface area contributed by atoms with Crippen molar-refractivity contribution in [3.05, 3.63) is 283 Å². The van der Waals surface area contributed by atoms with Gasteiger partial charge in [0.2, 0.25) is 0 Å². The van der Waals surface area contributed by atoms with Gasteiger partial charge in [-0.15, -0.1) is 0 Å². The molecule has 11 aromatic carbocycles. The summed E-state index contributed by atoms with van der Waals surface area (Å²) in [7, 11) is 0. The maximum atomic E-state index is 2.51. The van der Waals surface area contributed by atoms with Crippen molar-refractivity contribution in [1.82, 2.24) is 0 Å². The van der Waals surface area contributed by atoms with Gasteiger partial charge in [-0.1, -0.05) is 218 Å². The highest BCUT2D eigenvalue weighted by Gasteiger charge is 2.53. The topological polar surface area (TPSA) is 3.24 Å². The lowest BCUT2D eigenvalue weighted by atomic mass is 9.70. The zero-order valence-corrected chi connectivity index (χ0v) is 36.3. The third kappa shape index (κ3) is 5.87. The van der Waals surface area contributed by atoms with Crippen LogP contribution in [0.25, 0.3) is 77.5 Å². The molecule has 13 rings (SSSR count). The number of anilines is 3. The van der Waals surface area contributed by atoms with Gasteiger partial charge in [-0.25, -0.2) is 0 Å². The summed E-state index contributed by atoms with van der Waals surface area (Å²) in [6.07, 6.45) is 0. The maximum absolute atomic E-state index is 2.51. The molecule has 66 heavy (non-hydrogen) atoms. The number of hydrogen-bond donors (Lipinski definition) is 0. The third-order valence-electron chi connectivity index (χ3n) is 14.1. The molecule has 0 aliphatic heterocycles. The predicted molar refractivity (Wildman–Crippen MR) is 277 cm³/mol. The summed E-state index contributed by atoms with van der Waals surface area (Å²) in [5.41, 5.74) is 22.7. The number of rotatable bonds is 7. The SMILES string of the molecule is c1ccc(-c2ccc(N(c3ccc(-c4cccc5ccccc45)cc3)c3cc(-c4ccccc4)cc4c3-c3ccc(-c5ccccc5)cc3C43c4ccccc4-c4ccccc43)cc2)cc1. The first-order valence-corrected chi connectivity index (χ1v) is 22.9. The molecule has 1 heteroatoms. The molecule has 0 atom stereocenters. The van der Waals surface area contributed by atoms with Crippen LogP contribution < -0.4 is 4.90 Å². The summed E-state index contributed by atoms with van der Waals surface area (Å²) in [4.78, 5) is 2.51. The minimum Gasteiger partial charge on any atom is -0.310 e. The van der Waals surface area contributed by atoms with Crippen LogP contribution in [0.3, 0.4) is 0 Å². The van der Waals surface area contributed by atoms with Gasteiger partial charge in [0.05, 0.1) is 11.1 Å². The molecule has 0 saturated carbocycles. The molecule has 0 saturated heterocycles. The first-order valence-electron chi connectivity index (χ1n) is 22.9. The molecule has 0 unspecified atom stereocenters. The highest BCUT2D eigenvalue weighted by molar-refractivity contribution is 6.04. The summed E-state index contributed by atoms with van der Waals surface area (Å²) >= 11 is 0. The Bertz CT molecular complexity index is 3560. The van der Waals surface area contributed by atoms with Crippen LogP contribution >= 0.6 is 0 Å². The Morgan fingerprint density at radius 3 is 1.35 bits per heavy atom. The van der Waals surface area contributed by atoms with Gasteiger partial charge >= 0.3 is 0 Å². The minimum absolute atomic E-state index is 0.566. The van der Waals surface area contributed by atoms with Crippen molar-refractivity contribution in [2.45, 2.75) is 5.41 Å². The molecule has 1 spiro atoms. The molecule has 2 aliphatic carbocycles. The van der Waals surface area contributed by atoms with Gasteiger partial charge in [-0.2, -0.15) is 0 Å². The summed E-state index contributed by atoms with van der Waals surface area (Å²) in [5.74, 6) is 0. The fourth-order valence-corrected chi connectivity index (χ4v) is 11.2. The van der Waals surface area contributed by atoms with Crippen LogP contribution in [0, 0.1) is 0 Å². The van der Waals surface area contributed by atoms with E-state index in [9.17, 15) is 0 Å². The minimum atomic E-state index is -0.566. The average Bonchev–Trinajstić information content (AvgIpc) is 3.87. The number of nitrogens with zero attached hydrogens (tertiary/aromatic N) is 1. The summed E-state index contributed by atoms with van der Waals surface area (Å²) in [5, 5.41) is 2.49. The lowest BCUT2D eigenvalue weighted by Gasteiger charge is -2.33. The van der Waals surface area contributed by atoms with Crippen LogP contribution in [0.5, 0.6) is 0 Å². The second kappa shape index (κ2) is 15.3. The van der Waals surface area contributed by atoms with Crippen molar-refractivity contribution >= 4 is 27.8 Å². The lowest BCUT2D eigenvalue weighted by molar-refractivity contribution is 0.794. The van der Waals surface area contributed by atoms with Gasteiger partial charge in [-0.05, 0) is 137 Å². The van der Waals surface area contributed by atoms with Gasteiger partial charge in [0.25, 0.3) is 0 Å². The zero-order valence-electron chi connectivity index (χ0n) is 36.3. The van der Waals surface area contributed by atoms with Crippen LogP contribution in [-0.2, 0) is 5.41 Å². The molecule has 0 fully saturated rings. The molecule has 0 amide bonds. The summed E-state index contributed by atoms with van der Waals surface area (Å²) in [6, 6.07) is 96.5. The van der Waals surface area contributed by atoms with Gasteiger partial charge in [0, 0.05) is 16.9 Å². The fourth-order valence-electron chi connectivity index (χ4n) is 11.2. The van der Waals surface area contributed by atoms with Crippen molar-refractivity contribution in [2.24, 2.45) is 0 Å². The summed E-state index contributed by atoms with van der Waals surface area (Å²) < 4.78 is 0. The third-order valence-corrected chi connectivity index (χ3v) is 14.1. The van der Waals surface area contributed by atoms with E-state index in [1.165, 1.54) is 99.8 Å². The van der Waals surface area contributed by atoms with Gasteiger partial charge in [0.1, 0.15) is 0 Å². The number of fused-ring (bicyclic) bond motifs is 11. The van der Waals surface area contributed by atoms with E-state index in [1.807, 2.05) is 0 Å². The smallest absolute Gasteiger partial charge is 0.0726 e. The maximum Gasteiger partial charge on any atom is 0.0726 e. The van der Waals surface area contributed by atoms with E-state index >= 15 is 0 Å². The Kier molecular flexibility index (Phi) is 8.82. The van der Waals surface area contributed by atoms with Gasteiger partial charge < -0.3 is 4.90 Å². The average molecular weight is 838 g/mol. The zero-order chi connectivity index (χ0) is 43.6. The molecule has 11 aromatic rings. The van der Waals surface area contributed by atoms with Crippen LogP contribution in [0.2, 0.25) is 0 Å². The number of benzene rings is 11. The quantitative estimate of drug-likeness (QED) is 0.155. The Hall–Kier alpha value is -8.52. The highest BCUT2D eigenvalue weighted by atomic mass is 15.1. The van der Waals surface area contributed by atoms with Crippen molar-refractivity contribution in [3.8, 4) is 66.8 Å². The van der Waals surface area contributed by atoms with Crippen LogP contribution in [0.15, 0.2) is 261 Å². The van der Waals surface area contributed by atoms with E-state index in [0.29, 0.717) is 0 Å². The Morgan fingerprint density at radius 1 is 0.258 bits per heavy atom. The van der Waals surface area contributed by atoms with Crippen LogP contribution in [0.4, 0.5) is 17.1 Å². The molecule has 308 valence electrons. The lowest BCUT2D eigenvalue weighted by Crippen LogP contribution is -2.26. The fraction of sp³-hybridized carbons (Fsp3) is 0.0154. The van der Waals surface area contributed by atoms with E-state index in [2.05, 4.69) is 266 Å². The van der Waals surface area contributed by atoms with Crippen molar-refractivity contribution in [2.75, 3.05) is 4.90 Å². The molecule has 0 aromatic heterocycles. The second-order valence-corrected chi connectivity index (χ2v) is 17.6. The van der Waals surface area contributed by atoms with E-state index in [0.717, 1.165) is 17.1 Å². The Morgan fingerprint density at radius 2 is 0.712 bits per heavy atom. The first-order chi connectivity index (χ1) is 32.7. The van der Waals surface area contributed by atoms with Crippen LogP contribution in [-0.4, -0.2) is 0 Å². The monoisotopic (exact) mass is 837 g/mol. The first kappa shape index (κ1) is 38.0. The molecule has 1 nitrogen and oxygen atoms in total. The van der Waals surface area contributed by atoms with E-state index in [1.54, 1.807) is 0 Å². The Balaban J connectivity index is 1.12. The van der Waals surface area contributed by atoms with E-state index in [-0.39, 0.29) is 0 Å². The highest BCUT2D eigenvalue weighted by Crippen LogP contribution is 2.65. The molecule has 0 heterocycles. The molecule has 0 N–H and O–H groups in total. The number of hydrogen-bond acceptors (Lipinski definition) is 1. The molecular weight excluding hydrogens is 795 g/mol. The molecule has 0 bridgehead atoms. The predicted octanol–water partition coefficient (Wildman–Crippen LogP) is 17.3.